The van der Waals surface area contributed by atoms with Crippen molar-refractivity contribution in [3.8, 4) is 11.8 Å². The summed E-state index contributed by atoms with van der Waals surface area (Å²) in [5.41, 5.74) is 0.437. The molecule has 120 valence electrons. The summed E-state index contributed by atoms with van der Waals surface area (Å²) in [6, 6.07) is 9.35. The molecule has 22 heavy (non-hydrogen) atoms. The van der Waals surface area contributed by atoms with Crippen LogP contribution in [0.5, 0.6) is 5.75 Å². The van der Waals surface area contributed by atoms with Crippen LogP contribution in [0.25, 0.3) is 0 Å². The molecule has 2 rings (SSSR count). The summed E-state index contributed by atoms with van der Waals surface area (Å²) >= 11 is 0. The van der Waals surface area contributed by atoms with Gasteiger partial charge in [-0.25, -0.2) is 0 Å². The molecule has 0 bridgehead atoms. The Labute approximate surface area is 132 Å². The zero-order valence-corrected chi connectivity index (χ0v) is 13.5. The molecule has 0 amide bonds. The highest BCUT2D eigenvalue weighted by Crippen LogP contribution is 2.21. The highest BCUT2D eigenvalue weighted by molar-refractivity contribution is 5.36. The number of hydrogen-bond acceptors (Lipinski definition) is 5. The summed E-state index contributed by atoms with van der Waals surface area (Å²) in [5, 5.41) is 8.89. The van der Waals surface area contributed by atoms with Crippen LogP contribution in [0.1, 0.15) is 19.4 Å². The molecule has 0 unspecified atom stereocenters. The van der Waals surface area contributed by atoms with Crippen molar-refractivity contribution in [3.63, 3.8) is 0 Å². The van der Waals surface area contributed by atoms with Crippen LogP contribution < -0.4 is 4.74 Å². The molecule has 0 radical (unpaired) electrons. The van der Waals surface area contributed by atoms with Crippen LogP contribution in [-0.4, -0.2) is 56.6 Å². The monoisotopic (exact) mass is 304 g/mol. The highest BCUT2D eigenvalue weighted by atomic mass is 16.5. The van der Waals surface area contributed by atoms with Crippen molar-refractivity contribution < 1.29 is 14.2 Å². The maximum Gasteiger partial charge on any atom is 0.120 e. The fraction of sp³-hybridized carbons (Fsp3) is 0.588. The Morgan fingerprint density at radius 2 is 2.27 bits per heavy atom. The third kappa shape index (κ3) is 4.99. The molecule has 1 aromatic carbocycles. The number of methoxy groups -OCH3 is 1. The van der Waals surface area contributed by atoms with E-state index >= 15 is 0 Å². The van der Waals surface area contributed by atoms with Crippen molar-refractivity contribution in [3.05, 3.63) is 29.8 Å². The lowest BCUT2D eigenvalue weighted by atomic mass is 10.1. The second kappa shape index (κ2) is 7.59. The van der Waals surface area contributed by atoms with Crippen molar-refractivity contribution >= 4 is 0 Å². The zero-order valence-electron chi connectivity index (χ0n) is 13.5. The fourth-order valence-corrected chi connectivity index (χ4v) is 2.81. The third-order valence-electron chi connectivity index (χ3n) is 3.54. The van der Waals surface area contributed by atoms with Gasteiger partial charge in [-0.15, -0.1) is 0 Å². The summed E-state index contributed by atoms with van der Waals surface area (Å²) < 4.78 is 17.0. The second-order valence-electron chi connectivity index (χ2n) is 6.18. The summed E-state index contributed by atoms with van der Waals surface area (Å²) in [4.78, 5) is 2.33. The van der Waals surface area contributed by atoms with Crippen LogP contribution in [-0.2, 0) is 9.47 Å². The van der Waals surface area contributed by atoms with Crippen LogP contribution in [0, 0.1) is 11.3 Å². The lowest BCUT2D eigenvalue weighted by molar-refractivity contribution is -0.153. The molecule has 1 aliphatic rings. The first-order valence-corrected chi connectivity index (χ1v) is 7.54. The van der Waals surface area contributed by atoms with E-state index in [4.69, 9.17) is 19.5 Å². The summed E-state index contributed by atoms with van der Waals surface area (Å²) in [6.45, 7) is 7.92. The lowest BCUT2D eigenvalue weighted by Gasteiger charge is -2.42. The van der Waals surface area contributed by atoms with Gasteiger partial charge in [0.15, 0.2) is 0 Å². The van der Waals surface area contributed by atoms with Crippen LogP contribution in [0.4, 0.5) is 0 Å². The van der Waals surface area contributed by atoms with Crippen molar-refractivity contribution in [1.82, 2.24) is 4.90 Å². The van der Waals surface area contributed by atoms with Gasteiger partial charge in [0.1, 0.15) is 12.4 Å². The lowest BCUT2D eigenvalue weighted by Crippen LogP contribution is -2.54. The maximum atomic E-state index is 8.89. The Morgan fingerprint density at radius 3 is 3.00 bits per heavy atom. The molecule has 0 aromatic heterocycles. The maximum absolute atomic E-state index is 8.89. The Hall–Kier alpha value is -1.61. The van der Waals surface area contributed by atoms with E-state index in [0.29, 0.717) is 18.8 Å². The molecule has 1 saturated heterocycles. The smallest absolute Gasteiger partial charge is 0.120 e. The van der Waals surface area contributed by atoms with Gasteiger partial charge in [0.2, 0.25) is 0 Å². The van der Waals surface area contributed by atoms with E-state index in [9.17, 15) is 0 Å². The molecule has 5 nitrogen and oxygen atoms in total. The van der Waals surface area contributed by atoms with E-state index in [1.54, 1.807) is 19.2 Å². The number of nitrogens with zero attached hydrogens (tertiary/aromatic N) is 2. The minimum atomic E-state index is -0.178. The van der Waals surface area contributed by atoms with Crippen LogP contribution in [0.3, 0.4) is 0 Å². The minimum Gasteiger partial charge on any atom is -0.492 e. The molecule has 5 heteroatoms. The van der Waals surface area contributed by atoms with Gasteiger partial charge < -0.3 is 14.2 Å². The summed E-state index contributed by atoms with van der Waals surface area (Å²) in [7, 11) is 1.70. The number of hydrogen-bond donors (Lipinski definition) is 0. The SMILES string of the molecule is COC[C@@H]1CN(CCOc2cccc(C#N)c2)CC(C)(C)O1. The molecule has 0 saturated carbocycles. The quantitative estimate of drug-likeness (QED) is 0.805. The molecule has 1 atom stereocenters. The largest absolute Gasteiger partial charge is 0.492 e. The van der Waals surface area contributed by atoms with Gasteiger partial charge in [0.05, 0.1) is 29.9 Å². The minimum absolute atomic E-state index is 0.0932. The highest BCUT2D eigenvalue weighted by Gasteiger charge is 2.33. The first-order chi connectivity index (χ1) is 10.5. The Kier molecular flexibility index (Phi) is 5.78. The number of nitriles is 1. The van der Waals surface area contributed by atoms with Gasteiger partial charge >= 0.3 is 0 Å². The standard InChI is InChI=1S/C17H24N2O3/c1-17(2)13-19(11-16(22-17)12-20-3)7-8-21-15-6-4-5-14(9-15)10-18/h4-6,9,16H,7-8,11-13H2,1-3H3/t16-/m0/s1. The second-order valence-corrected chi connectivity index (χ2v) is 6.18. The van der Waals surface area contributed by atoms with Gasteiger partial charge in [0.25, 0.3) is 0 Å². The Balaban J connectivity index is 1.83. The van der Waals surface area contributed by atoms with Crippen molar-refractivity contribution in [1.29, 1.82) is 5.26 Å². The summed E-state index contributed by atoms with van der Waals surface area (Å²) in [6.07, 6.45) is 0.0932. The normalized spacial score (nSPS) is 21.3. The predicted octanol–water partition coefficient (Wildman–Crippen LogP) is 2.06. The first-order valence-electron chi connectivity index (χ1n) is 7.54. The zero-order chi connectivity index (χ0) is 16.0. The summed E-state index contributed by atoms with van der Waals surface area (Å²) in [5.74, 6) is 0.736. The van der Waals surface area contributed by atoms with Crippen molar-refractivity contribution in [2.24, 2.45) is 0 Å². The van der Waals surface area contributed by atoms with E-state index in [2.05, 4.69) is 24.8 Å². The van der Waals surface area contributed by atoms with E-state index in [-0.39, 0.29) is 11.7 Å². The topological polar surface area (TPSA) is 54.7 Å². The molecule has 0 aliphatic carbocycles. The molecule has 0 N–H and O–H groups in total. The average molecular weight is 304 g/mol. The molecule has 1 aromatic rings. The first kappa shape index (κ1) is 16.8. The van der Waals surface area contributed by atoms with Crippen molar-refractivity contribution in [2.45, 2.75) is 25.6 Å². The number of morpholine rings is 1. The van der Waals surface area contributed by atoms with E-state index in [1.807, 2.05) is 12.1 Å². The van der Waals surface area contributed by atoms with E-state index in [1.165, 1.54) is 0 Å². The van der Waals surface area contributed by atoms with E-state index in [0.717, 1.165) is 25.4 Å². The van der Waals surface area contributed by atoms with E-state index < -0.39 is 0 Å². The molecular weight excluding hydrogens is 280 g/mol. The molecule has 1 fully saturated rings. The third-order valence-corrected chi connectivity index (χ3v) is 3.54. The molecule has 0 spiro atoms. The van der Waals surface area contributed by atoms with Gasteiger partial charge in [-0.05, 0) is 32.0 Å². The number of benzene rings is 1. The average Bonchev–Trinajstić information content (AvgIpc) is 2.46. The van der Waals surface area contributed by atoms with Crippen LogP contribution >= 0.6 is 0 Å². The number of ether oxygens (including phenoxy) is 3. The van der Waals surface area contributed by atoms with Crippen LogP contribution in [0.15, 0.2) is 24.3 Å². The molecule has 1 aliphatic heterocycles. The Morgan fingerprint density at radius 1 is 1.45 bits per heavy atom. The van der Waals surface area contributed by atoms with Crippen molar-refractivity contribution in [2.75, 3.05) is 40.0 Å². The van der Waals surface area contributed by atoms with Gasteiger partial charge in [-0.1, -0.05) is 6.07 Å². The fourth-order valence-electron chi connectivity index (χ4n) is 2.81. The predicted molar refractivity (Wildman–Crippen MR) is 83.9 cm³/mol. The number of rotatable bonds is 6. The van der Waals surface area contributed by atoms with Gasteiger partial charge in [-0.2, -0.15) is 5.26 Å². The van der Waals surface area contributed by atoms with Crippen LogP contribution in [0.2, 0.25) is 0 Å². The van der Waals surface area contributed by atoms with Gasteiger partial charge in [-0.3, -0.25) is 4.90 Å². The molecule has 1 heterocycles. The molecular formula is C17H24N2O3. The Bertz CT molecular complexity index is 525. The van der Waals surface area contributed by atoms with Gasteiger partial charge in [0, 0.05) is 26.7 Å².